The van der Waals surface area contributed by atoms with Crippen LogP contribution in [0.15, 0.2) is 35.4 Å². The molecule has 0 atom stereocenters. The minimum Gasteiger partial charge on any atom is -0.337 e. The lowest BCUT2D eigenvalue weighted by Crippen LogP contribution is -2.44. The number of carbonyl (C=O) groups is 1. The van der Waals surface area contributed by atoms with Gasteiger partial charge in [-0.15, -0.1) is 11.3 Å². The number of nitrogens with zero attached hydrogens (tertiary/aromatic N) is 4. The Kier molecular flexibility index (Phi) is 4.33. The van der Waals surface area contributed by atoms with Gasteiger partial charge in [-0.25, -0.2) is 4.98 Å². The van der Waals surface area contributed by atoms with Crippen LogP contribution in [0.5, 0.6) is 0 Å². The third kappa shape index (κ3) is 3.21. The van der Waals surface area contributed by atoms with Crippen molar-refractivity contribution in [3.8, 4) is 0 Å². The predicted molar refractivity (Wildman–Crippen MR) is 93.8 cm³/mol. The van der Waals surface area contributed by atoms with Gasteiger partial charge in [-0.3, -0.25) is 14.7 Å². The van der Waals surface area contributed by atoms with Crippen molar-refractivity contribution in [1.82, 2.24) is 19.8 Å². The van der Waals surface area contributed by atoms with Gasteiger partial charge in [0.05, 0.1) is 5.51 Å². The summed E-state index contributed by atoms with van der Waals surface area (Å²) >= 11 is 1.48. The summed E-state index contributed by atoms with van der Waals surface area (Å²) in [6.45, 7) is 4.99. The van der Waals surface area contributed by atoms with Crippen molar-refractivity contribution in [3.63, 3.8) is 0 Å². The fourth-order valence-electron chi connectivity index (χ4n) is 3.98. The van der Waals surface area contributed by atoms with Crippen molar-refractivity contribution in [3.05, 3.63) is 46.7 Å². The lowest BCUT2D eigenvalue weighted by molar-refractivity contribution is 0.0583. The zero-order valence-electron chi connectivity index (χ0n) is 13.7. The van der Waals surface area contributed by atoms with E-state index in [0.717, 1.165) is 45.6 Å². The van der Waals surface area contributed by atoms with E-state index in [1.807, 2.05) is 28.7 Å². The van der Waals surface area contributed by atoms with Crippen LogP contribution in [0.3, 0.4) is 0 Å². The van der Waals surface area contributed by atoms with Gasteiger partial charge in [0.25, 0.3) is 5.91 Å². The molecule has 6 heteroatoms. The second-order valence-electron chi connectivity index (χ2n) is 6.99. The molecule has 2 fully saturated rings. The molecule has 2 aromatic heterocycles. The number of aromatic nitrogens is 2. The van der Waals surface area contributed by atoms with Crippen LogP contribution in [0.25, 0.3) is 0 Å². The number of thiazole rings is 1. The molecule has 126 valence electrons. The quantitative estimate of drug-likeness (QED) is 0.860. The third-order valence-electron chi connectivity index (χ3n) is 5.41. The molecule has 1 spiro atoms. The van der Waals surface area contributed by atoms with Crippen molar-refractivity contribution < 1.29 is 4.79 Å². The van der Waals surface area contributed by atoms with E-state index in [0.29, 0.717) is 11.1 Å². The monoisotopic (exact) mass is 342 g/mol. The van der Waals surface area contributed by atoms with Crippen LogP contribution in [-0.4, -0.2) is 51.9 Å². The Bertz CT molecular complexity index is 680. The van der Waals surface area contributed by atoms with Gasteiger partial charge in [0, 0.05) is 44.0 Å². The number of amides is 1. The first kappa shape index (κ1) is 15.7. The first-order chi connectivity index (χ1) is 11.7. The average Bonchev–Trinajstić information content (AvgIpc) is 3.27. The number of hydrogen-bond donors (Lipinski definition) is 0. The number of likely N-dealkylation sites (tertiary alicyclic amines) is 2. The number of piperidine rings is 1. The topological polar surface area (TPSA) is 49.3 Å². The van der Waals surface area contributed by atoms with E-state index >= 15 is 0 Å². The standard InChI is InChI=1S/C18H22N4OS/c23-17(16-12-24-14-20-16)22-8-4-18(5-9-22)3-7-21(13-18)11-15-2-1-6-19-10-15/h1-2,6,10,12,14H,3-5,7-9,11,13H2. The van der Waals surface area contributed by atoms with Crippen LogP contribution in [-0.2, 0) is 6.54 Å². The first-order valence-electron chi connectivity index (χ1n) is 8.53. The molecule has 4 rings (SSSR count). The summed E-state index contributed by atoms with van der Waals surface area (Å²) in [6, 6.07) is 4.15. The number of carbonyl (C=O) groups excluding carboxylic acids is 1. The van der Waals surface area contributed by atoms with E-state index in [1.165, 1.54) is 23.3 Å². The highest BCUT2D eigenvalue weighted by molar-refractivity contribution is 7.07. The third-order valence-corrected chi connectivity index (χ3v) is 6.00. The van der Waals surface area contributed by atoms with Crippen LogP contribution >= 0.6 is 11.3 Å². The highest BCUT2D eigenvalue weighted by Crippen LogP contribution is 2.41. The molecule has 4 heterocycles. The fraction of sp³-hybridized carbons (Fsp3) is 0.500. The summed E-state index contributed by atoms with van der Waals surface area (Å²) in [6.07, 6.45) is 7.23. The van der Waals surface area contributed by atoms with Gasteiger partial charge in [0.2, 0.25) is 0 Å². The van der Waals surface area contributed by atoms with Crippen LogP contribution in [0.2, 0.25) is 0 Å². The Hall–Kier alpha value is -1.79. The van der Waals surface area contributed by atoms with Crippen molar-refractivity contribution in [1.29, 1.82) is 0 Å². The lowest BCUT2D eigenvalue weighted by atomic mass is 9.77. The second-order valence-corrected chi connectivity index (χ2v) is 7.71. The zero-order chi connectivity index (χ0) is 16.4. The van der Waals surface area contributed by atoms with Gasteiger partial charge in [0.15, 0.2) is 0 Å². The highest BCUT2D eigenvalue weighted by atomic mass is 32.1. The summed E-state index contributed by atoms with van der Waals surface area (Å²) in [4.78, 5) is 25.3. The fourth-order valence-corrected chi connectivity index (χ4v) is 4.51. The van der Waals surface area contributed by atoms with Crippen LogP contribution in [0.1, 0.15) is 35.3 Å². The van der Waals surface area contributed by atoms with Crippen molar-refractivity contribution in [2.24, 2.45) is 5.41 Å². The van der Waals surface area contributed by atoms with Gasteiger partial charge >= 0.3 is 0 Å². The largest absolute Gasteiger partial charge is 0.337 e. The average molecular weight is 342 g/mol. The summed E-state index contributed by atoms with van der Waals surface area (Å²) in [5, 5.41) is 1.85. The molecule has 0 saturated carbocycles. The maximum atomic E-state index is 12.4. The van der Waals surface area contributed by atoms with Crippen LogP contribution in [0, 0.1) is 5.41 Å². The molecule has 2 aromatic rings. The van der Waals surface area contributed by atoms with E-state index in [1.54, 1.807) is 5.51 Å². The SMILES string of the molecule is O=C(c1cscn1)N1CCC2(CCN(Cc3cccnc3)C2)CC1. The smallest absolute Gasteiger partial charge is 0.273 e. The Morgan fingerprint density at radius 1 is 1.25 bits per heavy atom. The maximum absolute atomic E-state index is 12.4. The Morgan fingerprint density at radius 3 is 2.79 bits per heavy atom. The van der Waals surface area contributed by atoms with Gasteiger partial charge in [-0.2, -0.15) is 0 Å². The molecule has 0 N–H and O–H groups in total. The van der Waals surface area contributed by atoms with Gasteiger partial charge in [0.1, 0.15) is 5.69 Å². The van der Waals surface area contributed by atoms with E-state index in [4.69, 9.17) is 0 Å². The van der Waals surface area contributed by atoms with Crippen molar-refractivity contribution in [2.45, 2.75) is 25.8 Å². The minimum atomic E-state index is 0.0938. The number of rotatable bonds is 3. The molecule has 0 radical (unpaired) electrons. The van der Waals surface area contributed by atoms with Gasteiger partial charge in [-0.05, 0) is 42.9 Å². The molecular formula is C18H22N4OS. The van der Waals surface area contributed by atoms with Gasteiger partial charge < -0.3 is 4.90 Å². The van der Waals surface area contributed by atoms with E-state index in [9.17, 15) is 4.79 Å². The van der Waals surface area contributed by atoms with E-state index < -0.39 is 0 Å². The molecule has 0 unspecified atom stereocenters. The van der Waals surface area contributed by atoms with Crippen LogP contribution < -0.4 is 0 Å². The predicted octanol–water partition coefficient (Wildman–Crippen LogP) is 2.67. The molecule has 24 heavy (non-hydrogen) atoms. The Labute approximate surface area is 146 Å². The Balaban J connectivity index is 1.33. The zero-order valence-corrected chi connectivity index (χ0v) is 14.5. The Morgan fingerprint density at radius 2 is 2.08 bits per heavy atom. The normalized spacial score (nSPS) is 20.6. The molecule has 2 aliphatic rings. The molecule has 1 amide bonds. The minimum absolute atomic E-state index is 0.0938. The maximum Gasteiger partial charge on any atom is 0.273 e. The lowest BCUT2D eigenvalue weighted by Gasteiger charge is -2.39. The molecular weight excluding hydrogens is 320 g/mol. The number of hydrogen-bond acceptors (Lipinski definition) is 5. The van der Waals surface area contributed by atoms with Crippen molar-refractivity contribution in [2.75, 3.05) is 26.2 Å². The summed E-state index contributed by atoms with van der Waals surface area (Å²) < 4.78 is 0. The molecule has 0 aliphatic carbocycles. The molecule has 5 nitrogen and oxygen atoms in total. The first-order valence-corrected chi connectivity index (χ1v) is 9.47. The number of pyridine rings is 1. The summed E-state index contributed by atoms with van der Waals surface area (Å²) in [5.41, 5.74) is 4.00. The molecule has 2 aliphatic heterocycles. The van der Waals surface area contributed by atoms with Gasteiger partial charge in [-0.1, -0.05) is 6.07 Å². The van der Waals surface area contributed by atoms with Crippen LogP contribution in [0.4, 0.5) is 0 Å². The van der Waals surface area contributed by atoms with Crippen molar-refractivity contribution >= 4 is 17.2 Å². The van der Waals surface area contributed by atoms with E-state index in [-0.39, 0.29) is 5.91 Å². The van der Waals surface area contributed by atoms with E-state index in [2.05, 4.69) is 20.9 Å². The molecule has 2 saturated heterocycles. The molecule has 0 aromatic carbocycles. The summed E-state index contributed by atoms with van der Waals surface area (Å²) in [7, 11) is 0. The highest BCUT2D eigenvalue weighted by Gasteiger charge is 2.41. The molecule has 0 bridgehead atoms. The summed E-state index contributed by atoms with van der Waals surface area (Å²) in [5.74, 6) is 0.0938. The second kappa shape index (κ2) is 6.61.